The molecule has 0 aromatic heterocycles. The van der Waals surface area contributed by atoms with Gasteiger partial charge in [0, 0.05) is 18.6 Å². The van der Waals surface area contributed by atoms with Gasteiger partial charge in [-0.1, -0.05) is 13.0 Å². The van der Waals surface area contributed by atoms with E-state index >= 15 is 0 Å². The van der Waals surface area contributed by atoms with E-state index in [2.05, 4.69) is 17.6 Å². The monoisotopic (exact) mass is 306 g/mol. The summed E-state index contributed by atoms with van der Waals surface area (Å²) in [4.78, 5) is 12.5. The van der Waals surface area contributed by atoms with Crippen LogP contribution in [-0.4, -0.2) is 24.7 Å². The van der Waals surface area contributed by atoms with Gasteiger partial charge in [-0.2, -0.15) is 0 Å². The normalized spacial score (nSPS) is 24.8. The van der Waals surface area contributed by atoms with Crippen molar-refractivity contribution in [3.63, 3.8) is 0 Å². The first-order valence-corrected chi connectivity index (χ1v) is 8.15. The SMILES string of the molecule is CC[C@@H]1C[C@H](C(=O)Nc2c(F)cccc2NC2CC2)CCO1. The van der Waals surface area contributed by atoms with Crippen molar-refractivity contribution in [3.8, 4) is 0 Å². The summed E-state index contributed by atoms with van der Waals surface area (Å²) in [6.07, 6.45) is 4.64. The van der Waals surface area contributed by atoms with Crippen LogP contribution in [-0.2, 0) is 9.53 Å². The largest absolute Gasteiger partial charge is 0.381 e. The van der Waals surface area contributed by atoms with Crippen molar-refractivity contribution >= 4 is 17.3 Å². The third-order valence-electron chi connectivity index (χ3n) is 4.39. The summed E-state index contributed by atoms with van der Waals surface area (Å²) in [5.74, 6) is -0.601. The highest BCUT2D eigenvalue weighted by Gasteiger charge is 2.28. The molecule has 0 unspecified atom stereocenters. The number of ether oxygens (including phenoxy) is 1. The van der Waals surface area contributed by atoms with Crippen LogP contribution >= 0.6 is 0 Å². The Morgan fingerprint density at radius 3 is 2.91 bits per heavy atom. The molecule has 1 amide bonds. The van der Waals surface area contributed by atoms with E-state index in [1.165, 1.54) is 6.07 Å². The number of amides is 1. The molecule has 0 bridgehead atoms. The molecule has 2 atom stereocenters. The molecule has 1 aliphatic carbocycles. The first kappa shape index (κ1) is 15.3. The number of nitrogens with one attached hydrogen (secondary N) is 2. The lowest BCUT2D eigenvalue weighted by atomic mass is 9.93. The van der Waals surface area contributed by atoms with Crippen molar-refractivity contribution in [3.05, 3.63) is 24.0 Å². The molecule has 1 heterocycles. The first-order chi connectivity index (χ1) is 10.7. The number of carbonyl (C=O) groups excluding carboxylic acids is 1. The van der Waals surface area contributed by atoms with Gasteiger partial charge in [-0.05, 0) is 44.2 Å². The Bertz CT molecular complexity index is 545. The number of carbonyl (C=O) groups is 1. The summed E-state index contributed by atoms with van der Waals surface area (Å²) >= 11 is 0. The van der Waals surface area contributed by atoms with Gasteiger partial charge in [0.25, 0.3) is 0 Å². The van der Waals surface area contributed by atoms with E-state index in [1.807, 2.05) is 6.07 Å². The molecule has 0 spiro atoms. The van der Waals surface area contributed by atoms with Gasteiger partial charge in [0.2, 0.25) is 5.91 Å². The van der Waals surface area contributed by atoms with Crippen molar-refractivity contribution in [2.24, 2.45) is 5.92 Å². The van der Waals surface area contributed by atoms with Gasteiger partial charge in [0.05, 0.1) is 11.8 Å². The summed E-state index contributed by atoms with van der Waals surface area (Å²) in [6.45, 7) is 2.65. The number of hydrogen-bond donors (Lipinski definition) is 2. The minimum Gasteiger partial charge on any atom is -0.381 e. The zero-order valence-electron chi connectivity index (χ0n) is 12.9. The second kappa shape index (κ2) is 6.65. The van der Waals surface area contributed by atoms with Gasteiger partial charge in [0.15, 0.2) is 0 Å². The fourth-order valence-electron chi connectivity index (χ4n) is 2.85. The number of anilines is 2. The molecule has 0 radical (unpaired) electrons. The topological polar surface area (TPSA) is 50.4 Å². The number of para-hydroxylation sites is 1. The Morgan fingerprint density at radius 1 is 1.36 bits per heavy atom. The average molecular weight is 306 g/mol. The molecule has 2 aliphatic rings. The van der Waals surface area contributed by atoms with Crippen LogP contribution in [0, 0.1) is 11.7 Å². The van der Waals surface area contributed by atoms with Crippen LogP contribution in [0.15, 0.2) is 18.2 Å². The van der Waals surface area contributed by atoms with Crippen LogP contribution in [0.1, 0.15) is 39.0 Å². The number of rotatable bonds is 5. The van der Waals surface area contributed by atoms with E-state index in [1.54, 1.807) is 6.07 Å². The van der Waals surface area contributed by atoms with Gasteiger partial charge in [-0.3, -0.25) is 4.79 Å². The summed E-state index contributed by atoms with van der Waals surface area (Å²) < 4.78 is 19.7. The minimum absolute atomic E-state index is 0.105. The predicted molar refractivity (Wildman–Crippen MR) is 84.4 cm³/mol. The van der Waals surface area contributed by atoms with E-state index in [0.29, 0.717) is 31.2 Å². The third kappa shape index (κ3) is 3.58. The van der Waals surface area contributed by atoms with E-state index in [9.17, 15) is 9.18 Å². The molecule has 1 saturated carbocycles. The molecule has 1 aromatic carbocycles. The Kier molecular flexibility index (Phi) is 4.62. The highest BCUT2D eigenvalue weighted by molar-refractivity contribution is 5.96. The Labute approximate surface area is 130 Å². The Morgan fingerprint density at radius 2 is 2.18 bits per heavy atom. The van der Waals surface area contributed by atoms with Crippen LogP contribution in [0.5, 0.6) is 0 Å². The number of halogens is 1. The molecule has 22 heavy (non-hydrogen) atoms. The van der Waals surface area contributed by atoms with Crippen LogP contribution in [0.2, 0.25) is 0 Å². The van der Waals surface area contributed by atoms with Gasteiger partial charge < -0.3 is 15.4 Å². The second-order valence-electron chi connectivity index (χ2n) is 6.19. The standard InChI is InChI=1S/C17H23FN2O2/c1-2-13-10-11(8-9-22-13)17(21)20-16-14(18)4-3-5-15(16)19-12-6-7-12/h3-5,11-13,19H,2,6-10H2,1H3,(H,20,21)/t11-,13-/m1/s1. The molecule has 1 aliphatic heterocycles. The van der Waals surface area contributed by atoms with E-state index in [-0.39, 0.29) is 23.6 Å². The molecule has 3 rings (SSSR count). The maximum atomic E-state index is 14.1. The quantitative estimate of drug-likeness (QED) is 0.875. The van der Waals surface area contributed by atoms with E-state index < -0.39 is 5.82 Å². The van der Waals surface area contributed by atoms with E-state index in [0.717, 1.165) is 19.3 Å². The van der Waals surface area contributed by atoms with Crippen LogP contribution < -0.4 is 10.6 Å². The Balaban J connectivity index is 1.70. The zero-order chi connectivity index (χ0) is 15.5. The molecule has 120 valence electrons. The van der Waals surface area contributed by atoms with E-state index in [4.69, 9.17) is 4.74 Å². The fraction of sp³-hybridized carbons (Fsp3) is 0.588. The van der Waals surface area contributed by atoms with Crippen LogP contribution in [0.4, 0.5) is 15.8 Å². The minimum atomic E-state index is -0.391. The summed E-state index contributed by atoms with van der Waals surface area (Å²) in [5.41, 5.74) is 0.953. The highest BCUT2D eigenvalue weighted by atomic mass is 19.1. The Hall–Kier alpha value is -1.62. The van der Waals surface area contributed by atoms with Crippen molar-refractivity contribution in [1.29, 1.82) is 0 Å². The lowest BCUT2D eigenvalue weighted by molar-refractivity contribution is -0.124. The van der Waals surface area contributed by atoms with Gasteiger partial charge in [0.1, 0.15) is 11.5 Å². The molecular weight excluding hydrogens is 283 g/mol. The molecule has 1 aromatic rings. The second-order valence-corrected chi connectivity index (χ2v) is 6.19. The lowest BCUT2D eigenvalue weighted by Gasteiger charge is -2.28. The maximum absolute atomic E-state index is 14.1. The molecule has 1 saturated heterocycles. The summed E-state index contributed by atoms with van der Waals surface area (Å²) in [6, 6.07) is 5.27. The molecular formula is C17H23FN2O2. The lowest BCUT2D eigenvalue weighted by Crippen LogP contribution is -2.33. The highest BCUT2D eigenvalue weighted by Crippen LogP contribution is 2.32. The molecule has 2 N–H and O–H groups in total. The third-order valence-corrected chi connectivity index (χ3v) is 4.39. The van der Waals surface area contributed by atoms with Gasteiger partial charge in [-0.25, -0.2) is 4.39 Å². The van der Waals surface area contributed by atoms with Gasteiger partial charge >= 0.3 is 0 Å². The predicted octanol–water partition coefficient (Wildman–Crippen LogP) is 3.54. The number of hydrogen-bond acceptors (Lipinski definition) is 3. The summed E-state index contributed by atoms with van der Waals surface area (Å²) in [5, 5.41) is 6.07. The summed E-state index contributed by atoms with van der Waals surface area (Å²) in [7, 11) is 0. The van der Waals surface area contributed by atoms with Crippen molar-refractivity contribution in [1.82, 2.24) is 0 Å². The van der Waals surface area contributed by atoms with Crippen molar-refractivity contribution < 1.29 is 13.9 Å². The number of benzene rings is 1. The zero-order valence-corrected chi connectivity index (χ0v) is 12.9. The molecule has 4 nitrogen and oxygen atoms in total. The van der Waals surface area contributed by atoms with Crippen LogP contribution in [0.3, 0.4) is 0 Å². The van der Waals surface area contributed by atoms with Crippen LogP contribution in [0.25, 0.3) is 0 Å². The van der Waals surface area contributed by atoms with Crippen molar-refractivity contribution in [2.45, 2.75) is 51.2 Å². The maximum Gasteiger partial charge on any atom is 0.227 e. The fourth-order valence-corrected chi connectivity index (χ4v) is 2.85. The van der Waals surface area contributed by atoms with Crippen molar-refractivity contribution in [2.75, 3.05) is 17.2 Å². The first-order valence-electron chi connectivity index (χ1n) is 8.15. The molecule has 5 heteroatoms. The smallest absolute Gasteiger partial charge is 0.227 e. The molecule has 2 fully saturated rings. The van der Waals surface area contributed by atoms with Gasteiger partial charge in [-0.15, -0.1) is 0 Å². The average Bonchev–Trinajstić information content (AvgIpc) is 3.34.